The predicted molar refractivity (Wildman–Crippen MR) is 90.4 cm³/mol. The Morgan fingerprint density at radius 2 is 1.67 bits per heavy atom. The Balaban J connectivity index is 0.00000220. The molecule has 0 saturated carbocycles. The second-order valence-electron chi connectivity index (χ2n) is 5.21. The molecule has 1 unspecified atom stereocenters. The molecule has 2 rings (SSSR count). The normalized spacial score (nSPS) is 11.5. The highest BCUT2D eigenvalue weighted by Crippen LogP contribution is 2.08. The number of hydrogen-bond donors (Lipinski definition) is 1. The summed E-state index contributed by atoms with van der Waals surface area (Å²) in [6.45, 7) is 4.47. The molecular formula is C18H22ClNO. The molecule has 21 heavy (non-hydrogen) atoms. The van der Waals surface area contributed by atoms with Gasteiger partial charge in [-0.3, -0.25) is 4.79 Å². The van der Waals surface area contributed by atoms with Crippen LogP contribution >= 0.6 is 12.4 Å². The summed E-state index contributed by atoms with van der Waals surface area (Å²) in [4.78, 5) is 12.2. The van der Waals surface area contributed by atoms with E-state index < -0.39 is 0 Å². The first kappa shape index (κ1) is 17.4. The molecule has 0 aliphatic carbocycles. The fraction of sp³-hybridized carbons (Fsp3) is 0.278. The minimum atomic E-state index is 0. The lowest BCUT2D eigenvalue weighted by molar-refractivity contribution is 0.0987. The number of aryl methyl sites for hydroxylation is 1. The number of Topliss-reactive ketones (excluding diaryl/α,β-unsaturated/α-hetero) is 1. The smallest absolute Gasteiger partial charge is 0.176 e. The standard InChI is InChI=1S/C18H21NO.ClH/c1-14-8-6-7-11-17(14)18(20)13-19-15(2)12-16-9-4-3-5-10-16;/h3-11,15,19H,12-13H2,1-2H3;1H. The van der Waals surface area contributed by atoms with Gasteiger partial charge in [-0.15, -0.1) is 12.4 Å². The average Bonchev–Trinajstić information content (AvgIpc) is 2.46. The summed E-state index contributed by atoms with van der Waals surface area (Å²) in [5.74, 6) is 0.156. The van der Waals surface area contributed by atoms with Crippen LogP contribution in [0.3, 0.4) is 0 Å². The summed E-state index contributed by atoms with van der Waals surface area (Å²) in [6.07, 6.45) is 0.932. The van der Waals surface area contributed by atoms with Gasteiger partial charge in [0.05, 0.1) is 6.54 Å². The Hall–Kier alpha value is -1.64. The second-order valence-corrected chi connectivity index (χ2v) is 5.21. The Bertz CT molecular complexity index is 568. The maximum absolute atomic E-state index is 12.2. The predicted octanol–water partition coefficient (Wildman–Crippen LogP) is 3.82. The molecule has 0 aromatic heterocycles. The van der Waals surface area contributed by atoms with Crippen LogP contribution in [-0.2, 0) is 6.42 Å². The number of nitrogens with one attached hydrogen (secondary N) is 1. The quantitative estimate of drug-likeness (QED) is 0.822. The van der Waals surface area contributed by atoms with Crippen molar-refractivity contribution in [1.82, 2.24) is 5.32 Å². The van der Waals surface area contributed by atoms with Crippen molar-refractivity contribution in [1.29, 1.82) is 0 Å². The van der Waals surface area contributed by atoms with Gasteiger partial charge < -0.3 is 5.32 Å². The molecule has 0 bridgehead atoms. The fourth-order valence-corrected chi connectivity index (χ4v) is 2.29. The molecule has 1 N–H and O–H groups in total. The summed E-state index contributed by atoms with van der Waals surface area (Å²) in [7, 11) is 0. The van der Waals surface area contributed by atoms with Crippen LogP contribution in [0.2, 0.25) is 0 Å². The van der Waals surface area contributed by atoms with Crippen molar-refractivity contribution < 1.29 is 4.79 Å². The van der Waals surface area contributed by atoms with Crippen LogP contribution in [0.25, 0.3) is 0 Å². The van der Waals surface area contributed by atoms with Crippen molar-refractivity contribution >= 4 is 18.2 Å². The first-order valence-electron chi connectivity index (χ1n) is 7.03. The first-order chi connectivity index (χ1) is 9.66. The monoisotopic (exact) mass is 303 g/mol. The minimum absolute atomic E-state index is 0. The molecule has 1 atom stereocenters. The number of ketones is 1. The molecule has 0 radical (unpaired) electrons. The van der Waals surface area contributed by atoms with E-state index in [1.54, 1.807) is 0 Å². The molecule has 0 heterocycles. The second kappa shape index (κ2) is 8.60. The van der Waals surface area contributed by atoms with Gasteiger partial charge in [-0.2, -0.15) is 0 Å². The molecule has 112 valence electrons. The van der Waals surface area contributed by atoms with Gasteiger partial charge in [0.2, 0.25) is 0 Å². The van der Waals surface area contributed by atoms with E-state index in [2.05, 4.69) is 24.4 Å². The molecule has 0 saturated heterocycles. The number of benzene rings is 2. The molecule has 0 amide bonds. The molecule has 0 aliphatic heterocycles. The highest BCUT2D eigenvalue weighted by atomic mass is 35.5. The summed E-state index contributed by atoms with van der Waals surface area (Å²) < 4.78 is 0. The van der Waals surface area contributed by atoms with Gasteiger partial charge >= 0.3 is 0 Å². The van der Waals surface area contributed by atoms with Crippen LogP contribution < -0.4 is 5.32 Å². The average molecular weight is 304 g/mol. The zero-order valence-electron chi connectivity index (χ0n) is 12.5. The van der Waals surface area contributed by atoms with Gasteiger partial charge in [-0.05, 0) is 31.4 Å². The molecule has 0 aliphatic rings. The molecule has 0 fully saturated rings. The Morgan fingerprint density at radius 1 is 1.05 bits per heavy atom. The van der Waals surface area contributed by atoms with E-state index in [1.807, 2.05) is 49.4 Å². The van der Waals surface area contributed by atoms with E-state index >= 15 is 0 Å². The van der Waals surface area contributed by atoms with Crippen LogP contribution in [0, 0.1) is 6.92 Å². The zero-order chi connectivity index (χ0) is 14.4. The van der Waals surface area contributed by atoms with Gasteiger partial charge in [-0.1, -0.05) is 54.6 Å². The largest absolute Gasteiger partial charge is 0.307 e. The van der Waals surface area contributed by atoms with Gasteiger partial charge in [0.15, 0.2) is 5.78 Å². The lowest BCUT2D eigenvalue weighted by atomic mass is 10.0. The van der Waals surface area contributed by atoms with E-state index in [-0.39, 0.29) is 24.2 Å². The highest BCUT2D eigenvalue weighted by molar-refractivity contribution is 5.98. The van der Waals surface area contributed by atoms with Crippen LogP contribution in [0.15, 0.2) is 54.6 Å². The van der Waals surface area contributed by atoms with E-state index in [0.717, 1.165) is 17.5 Å². The number of halogens is 1. The maximum Gasteiger partial charge on any atom is 0.176 e. The van der Waals surface area contributed by atoms with Crippen molar-refractivity contribution in [3.63, 3.8) is 0 Å². The summed E-state index contributed by atoms with van der Waals surface area (Å²) in [5.41, 5.74) is 3.14. The van der Waals surface area contributed by atoms with Crippen molar-refractivity contribution in [2.24, 2.45) is 0 Å². The molecule has 0 spiro atoms. The number of carbonyl (C=O) groups is 1. The molecule has 3 heteroatoms. The van der Waals surface area contributed by atoms with Gasteiger partial charge in [0, 0.05) is 11.6 Å². The lowest BCUT2D eigenvalue weighted by Gasteiger charge is -2.14. The Labute approximate surface area is 133 Å². The van der Waals surface area contributed by atoms with Crippen LogP contribution in [0.5, 0.6) is 0 Å². The fourth-order valence-electron chi connectivity index (χ4n) is 2.29. The van der Waals surface area contributed by atoms with Crippen LogP contribution in [0.4, 0.5) is 0 Å². The molecule has 2 aromatic carbocycles. The Morgan fingerprint density at radius 3 is 2.33 bits per heavy atom. The maximum atomic E-state index is 12.2. The number of carbonyl (C=O) groups excluding carboxylic acids is 1. The highest BCUT2D eigenvalue weighted by Gasteiger charge is 2.10. The van der Waals surface area contributed by atoms with Crippen molar-refractivity contribution in [2.75, 3.05) is 6.54 Å². The third-order valence-electron chi connectivity index (χ3n) is 3.44. The molecular weight excluding hydrogens is 282 g/mol. The summed E-state index contributed by atoms with van der Waals surface area (Å²) in [5, 5.41) is 3.31. The van der Waals surface area contributed by atoms with Gasteiger partial charge in [0.25, 0.3) is 0 Å². The lowest BCUT2D eigenvalue weighted by Crippen LogP contribution is -2.33. The summed E-state index contributed by atoms with van der Waals surface area (Å²) >= 11 is 0. The van der Waals surface area contributed by atoms with E-state index in [1.165, 1.54) is 5.56 Å². The Kier molecular flexibility index (Phi) is 7.13. The summed E-state index contributed by atoms with van der Waals surface area (Å²) in [6, 6.07) is 18.3. The van der Waals surface area contributed by atoms with Crippen molar-refractivity contribution in [2.45, 2.75) is 26.3 Å². The SMILES string of the molecule is Cc1ccccc1C(=O)CNC(C)Cc1ccccc1.Cl. The number of rotatable bonds is 6. The topological polar surface area (TPSA) is 29.1 Å². The number of hydrogen-bond acceptors (Lipinski definition) is 2. The molecule has 2 nitrogen and oxygen atoms in total. The van der Waals surface area contributed by atoms with Gasteiger partial charge in [0.1, 0.15) is 0 Å². The van der Waals surface area contributed by atoms with E-state index in [9.17, 15) is 4.79 Å². The van der Waals surface area contributed by atoms with Crippen LogP contribution in [-0.4, -0.2) is 18.4 Å². The molecule has 2 aromatic rings. The van der Waals surface area contributed by atoms with Crippen molar-refractivity contribution in [3.8, 4) is 0 Å². The van der Waals surface area contributed by atoms with Gasteiger partial charge in [-0.25, -0.2) is 0 Å². The third-order valence-corrected chi connectivity index (χ3v) is 3.44. The van der Waals surface area contributed by atoms with Crippen molar-refractivity contribution in [3.05, 3.63) is 71.3 Å². The third kappa shape index (κ3) is 5.33. The van der Waals surface area contributed by atoms with E-state index in [0.29, 0.717) is 6.54 Å². The van der Waals surface area contributed by atoms with E-state index in [4.69, 9.17) is 0 Å². The van der Waals surface area contributed by atoms with Crippen LogP contribution in [0.1, 0.15) is 28.4 Å². The first-order valence-corrected chi connectivity index (χ1v) is 7.03. The zero-order valence-corrected chi connectivity index (χ0v) is 13.3. The minimum Gasteiger partial charge on any atom is -0.307 e.